The predicted octanol–water partition coefficient (Wildman–Crippen LogP) is 3.79. The first-order valence-corrected chi connectivity index (χ1v) is 5.84. The van der Waals surface area contributed by atoms with Gasteiger partial charge in [0.15, 0.2) is 0 Å². The second-order valence-electron chi connectivity index (χ2n) is 3.65. The summed E-state index contributed by atoms with van der Waals surface area (Å²) in [6.07, 6.45) is 1.73. The molecule has 0 saturated carbocycles. The Morgan fingerprint density at radius 3 is 2.67 bits per heavy atom. The minimum Gasteiger partial charge on any atom is -0.497 e. The van der Waals surface area contributed by atoms with Crippen molar-refractivity contribution in [1.29, 1.82) is 0 Å². The molecule has 0 radical (unpaired) electrons. The van der Waals surface area contributed by atoms with E-state index in [1.54, 1.807) is 13.3 Å². The van der Waals surface area contributed by atoms with Gasteiger partial charge in [-0.25, -0.2) is 0 Å². The molecule has 2 aromatic rings. The second kappa shape index (κ2) is 6.07. The number of nitrogens with zero attached hydrogens (tertiary/aromatic N) is 1. The van der Waals surface area contributed by atoms with Crippen molar-refractivity contribution < 1.29 is 4.74 Å². The molecule has 2 rings (SSSR count). The van der Waals surface area contributed by atoms with Gasteiger partial charge < -0.3 is 4.74 Å². The molecule has 1 N–H and O–H groups in total. The number of halogens is 1. The van der Waals surface area contributed by atoms with Crippen LogP contribution in [0.3, 0.4) is 0 Å². The highest BCUT2D eigenvalue weighted by molar-refractivity contribution is 6.30. The lowest BCUT2D eigenvalue weighted by Crippen LogP contribution is -1.91. The first kappa shape index (κ1) is 12.5. The first-order valence-electron chi connectivity index (χ1n) is 5.46. The number of ether oxygens (including phenoxy) is 1. The molecule has 0 aliphatic carbocycles. The molecule has 0 heterocycles. The Hall–Kier alpha value is -2.00. The lowest BCUT2D eigenvalue weighted by Gasteiger charge is -2.01. The van der Waals surface area contributed by atoms with Crippen molar-refractivity contribution in [2.24, 2.45) is 5.10 Å². The van der Waals surface area contributed by atoms with Crippen LogP contribution in [0.1, 0.15) is 5.56 Å². The van der Waals surface area contributed by atoms with Crippen LogP contribution in [0.5, 0.6) is 5.75 Å². The Morgan fingerprint density at radius 2 is 1.94 bits per heavy atom. The third-order valence-corrected chi connectivity index (χ3v) is 2.60. The molecule has 0 unspecified atom stereocenters. The van der Waals surface area contributed by atoms with E-state index in [1.165, 1.54) is 0 Å². The summed E-state index contributed by atoms with van der Waals surface area (Å²) in [4.78, 5) is 0. The van der Waals surface area contributed by atoms with Crippen LogP contribution in [-0.2, 0) is 0 Å². The number of hydrazone groups is 1. The van der Waals surface area contributed by atoms with Crippen molar-refractivity contribution >= 4 is 23.5 Å². The third kappa shape index (κ3) is 3.50. The molecule has 92 valence electrons. The molecule has 0 spiro atoms. The summed E-state index contributed by atoms with van der Waals surface area (Å²) < 4.78 is 5.14. The van der Waals surface area contributed by atoms with Gasteiger partial charge in [0.1, 0.15) is 5.75 Å². The Bertz CT molecular complexity index is 538. The standard InChI is InChI=1S/C14H13ClN2O/c1-18-14-4-2-3-11(9-14)10-16-17-13-7-5-12(15)6-8-13/h2-10,17H,1H3. The van der Waals surface area contributed by atoms with Crippen LogP contribution in [0.2, 0.25) is 5.02 Å². The molecule has 4 heteroatoms. The van der Waals surface area contributed by atoms with E-state index in [0.29, 0.717) is 5.02 Å². The number of rotatable bonds is 4. The molecule has 0 atom stereocenters. The minimum atomic E-state index is 0.706. The summed E-state index contributed by atoms with van der Waals surface area (Å²) >= 11 is 5.79. The van der Waals surface area contributed by atoms with Gasteiger partial charge in [0.05, 0.1) is 19.0 Å². The number of hydrogen-bond acceptors (Lipinski definition) is 3. The van der Waals surface area contributed by atoms with Crippen LogP contribution in [0, 0.1) is 0 Å². The quantitative estimate of drug-likeness (QED) is 0.670. The van der Waals surface area contributed by atoms with Gasteiger partial charge in [-0.3, -0.25) is 5.43 Å². The van der Waals surface area contributed by atoms with Gasteiger partial charge >= 0.3 is 0 Å². The minimum absolute atomic E-state index is 0.706. The van der Waals surface area contributed by atoms with Gasteiger partial charge in [0, 0.05) is 5.02 Å². The smallest absolute Gasteiger partial charge is 0.119 e. The third-order valence-electron chi connectivity index (χ3n) is 2.35. The molecule has 0 bridgehead atoms. The maximum absolute atomic E-state index is 5.79. The number of methoxy groups -OCH3 is 1. The van der Waals surface area contributed by atoms with Gasteiger partial charge in [-0.05, 0) is 42.0 Å². The van der Waals surface area contributed by atoms with Crippen molar-refractivity contribution in [2.75, 3.05) is 12.5 Å². The number of anilines is 1. The fourth-order valence-corrected chi connectivity index (χ4v) is 1.55. The maximum atomic E-state index is 5.79. The number of hydrogen-bond donors (Lipinski definition) is 1. The zero-order chi connectivity index (χ0) is 12.8. The lowest BCUT2D eigenvalue weighted by molar-refractivity contribution is 0.415. The van der Waals surface area contributed by atoms with E-state index in [0.717, 1.165) is 17.0 Å². The SMILES string of the molecule is COc1cccc(C=NNc2ccc(Cl)cc2)c1. The van der Waals surface area contributed by atoms with Crippen molar-refractivity contribution in [3.8, 4) is 5.75 Å². The largest absolute Gasteiger partial charge is 0.497 e. The maximum Gasteiger partial charge on any atom is 0.119 e. The molecule has 3 nitrogen and oxygen atoms in total. The summed E-state index contributed by atoms with van der Waals surface area (Å²) in [7, 11) is 1.64. The highest BCUT2D eigenvalue weighted by Gasteiger charge is 1.92. The van der Waals surface area contributed by atoms with E-state index in [4.69, 9.17) is 16.3 Å². The highest BCUT2D eigenvalue weighted by Crippen LogP contribution is 2.14. The predicted molar refractivity (Wildman–Crippen MR) is 75.7 cm³/mol. The van der Waals surface area contributed by atoms with Gasteiger partial charge in [-0.1, -0.05) is 23.7 Å². The van der Waals surface area contributed by atoms with E-state index >= 15 is 0 Å². The van der Waals surface area contributed by atoms with Crippen LogP contribution in [0.25, 0.3) is 0 Å². The summed E-state index contributed by atoms with van der Waals surface area (Å²) in [5, 5.41) is 4.85. The molecule has 0 fully saturated rings. The molecule has 0 aliphatic rings. The van der Waals surface area contributed by atoms with E-state index in [2.05, 4.69) is 10.5 Å². The van der Waals surface area contributed by atoms with E-state index in [-0.39, 0.29) is 0 Å². The summed E-state index contributed by atoms with van der Waals surface area (Å²) in [5.74, 6) is 0.811. The van der Waals surface area contributed by atoms with E-state index < -0.39 is 0 Å². The zero-order valence-electron chi connectivity index (χ0n) is 9.93. The van der Waals surface area contributed by atoms with Crippen molar-refractivity contribution in [3.63, 3.8) is 0 Å². The van der Waals surface area contributed by atoms with Crippen LogP contribution < -0.4 is 10.2 Å². The first-order chi connectivity index (χ1) is 8.78. The van der Waals surface area contributed by atoms with Crippen molar-refractivity contribution in [3.05, 3.63) is 59.1 Å². The Kier molecular flexibility index (Phi) is 4.20. The van der Waals surface area contributed by atoms with Crippen LogP contribution in [0.4, 0.5) is 5.69 Å². The average Bonchev–Trinajstić information content (AvgIpc) is 2.41. The molecule has 0 amide bonds. The molecule has 2 aromatic carbocycles. The van der Waals surface area contributed by atoms with Crippen LogP contribution in [-0.4, -0.2) is 13.3 Å². The van der Waals surface area contributed by atoms with Crippen LogP contribution >= 0.6 is 11.6 Å². The summed E-state index contributed by atoms with van der Waals surface area (Å²) in [5.41, 5.74) is 4.78. The van der Waals surface area contributed by atoms with E-state index in [9.17, 15) is 0 Å². The van der Waals surface area contributed by atoms with Crippen molar-refractivity contribution in [2.45, 2.75) is 0 Å². The average molecular weight is 261 g/mol. The van der Waals surface area contributed by atoms with Gasteiger partial charge in [0.25, 0.3) is 0 Å². The van der Waals surface area contributed by atoms with Gasteiger partial charge in [0.2, 0.25) is 0 Å². The molecule has 0 aliphatic heterocycles. The van der Waals surface area contributed by atoms with Crippen molar-refractivity contribution in [1.82, 2.24) is 0 Å². The molecular weight excluding hydrogens is 248 g/mol. The summed E-state index contributed by atoms with van der Waals surface area (Å²) in [6.45, 7) is 0. The van der Waals surface area contributed by atoms with E-state index in [1.807, 2.05) is 48.5 Å². The Morgan fingerprint density at radius 1 is 1.17 bits per heavy atom. The fourth-order valence-electron chi connectivity index (χ4n) is 1.43. The number of nitrogens with one attached hydrogen (secondary N) is 1. The van der Waals surface area contributed by atoms with Gasteiger partial charge in [-0.2, -0.15) is 5.10 Å². The van der Waals surface area contributed by atoms with Gasteiger partial charge in [-0.15, -0.1) is 0 Å². The normalized spacial score (nSPS) is 10.6. The topological polar surface area (TPSA) is 33.6 Å². The lowest BCUT2D eigenvalue weighted by atomic mass is 10.2. The van der Waals surface area contributed by atoms with Crippen LogP contribution in [0.15, 0.2) is 53.6 Å². The highest BCUT2D eigenvalue weighted by atomic mass is 35.5. The summed E-state index contributed by atoms with van der Waals surface area (Å²) in [6, 6.07) is 15.0. The Balaban J connectivity index is 2.00. The molecule has 18 heavy (non-hydrogen) atoms. The monoisotopic (exact) mass is 260 g/mol. The molecular formula is C14H13ClN2O. The second-order valence-corrected chi connectivity index (χ2v) is 4.09. The number of benzene rings is 2. The molecule has 0 saturated heterocycles. The Labute approximate surface area is 111 Å². The fraction of sp³-hybridized carbons (Fsp3) is 0.0714. The molecule has 0 aromatic heterocycles. The zero-order valence-corrected chi connectivity index (χ0v) is 10.7.